The Hall–Kier alpha value is -4.14. The Morgan fingerprint density at radius 2 is 1.93 bits per heavy atom. The topological polar surface area (TPSA) is 152 Å². The van der Waals surface area contributed by atoms with Gasteiger partial charge < -0.3 is 30.1 Å². The molecule has 4 atom stereocenters. The molecule has 12 heteroatoms. The maximum absolute atomic E-state index is 14.0. The predicted molar refractivity (Wildman–Crippen MR) is 157 cm³/mol. The minimum absolute atomic E-state index is 0.0276. The van der Waals surface area contributed by atoms with Crippen molar-refractivity contribution >= 4 is 35.4 Å². The summed E-state index contributed by atoms with van der Waals surface area (Å²) in [5, 5.41) is 15.7. The van der Waals surface area contributed by atoms with Crippen molar-refractivity contribution in [3.63, 3.8) is 0 Å². The van der Waals surface area contributed by atoms with Crippen molar-refractivity contribution in [1.82, 2.24) is 20.0 Å². The molecular weight excluding hydrogens is 552 g/mol. The lowest BCUT2D eigenvalue weighted by Gasteiger charge is -2.33. The number of fused-ring (bicyclic) bond motifs is 2. The molecule has 1 aromatic carbocycles. The van der Waals surface area contributed by atoms with Crippen LogP contribution in [0.4, 0.5) is 10.5 Å². The molecule has 0 unspecified atom stereocenters. The molecule has 232 valence electrons. The fraction of sp³-hybridized carbons (Fsp3) is 0.613. The van der Waals surface area contributed by atoms with E-state index in [1.54, 1.807) is 26.8 Å². The quantitative estimate of drug-likeness (QED) is 0.460. The number of hydrogen-bond donors (Lipinski definition) is 2. The minimum atomic E-state index is -1.04. The van der Waals surface area contributed by atoms with Crippen molar-refractivity contribution in [3.8, 4) is 6.07 Å². The third-order valence-corrected chi connectivity index (χ3v) is 8.27. The van der Waals surface area contributed by atoms with Crippen molar-refractivity contribution in [2.45, 2.75) is 89.4 Å². The number of hydrogen-bond acceptors (Lipinski definition) is 7. The summed E-state index contributed by atoms with van der Waals surface area (Å²) in [5.74, 6) is -1.68. The molecule has 43 heavy (non-hydrogen) atoms. The Morgan fingerprint density at radius 1 is 1.23 bits per heavy atom. The van der Waals surface area contributed by atoms with Crippen LogP contribution < -0.4 is 10.6 Å². The lowest BCUT2D eigenvalue weighted by molar-refractivity contribution is -0.147. The average Bonchev–Trinajstić information content (AvgIpc) is 3.62. The number of nitrogens with zero attached hydrogens (tertiary/aromatic N) is 4. The first-order valence-corrected chi connectivity index (χ1v) is 14.8. The number of nitrogens with one attached hydrogen (secondary N) is 2. The van der Waals surface area contributed by atoms with Crippen LogP contribution in [0.25, 0.3) is 0 Å². The predicted octanol–water partition coefficient (Wildman–Crippen LogP) is 2.39. The number of nitriles is 1. The fourth-order valence-electron chi connectivity index (χ4n) is 6.13. The number of carbonyl (C=O) groups excluding carboxylic acids is 5. The highest BCUT2D eigenvalue weighted by Crippen LogP contribution is 2.46. The summed E-state index contributed by atoms with van der Waals surface area (Å²) in [6, 6.07) is 7.39. The molecule has 4 rings (SSSR count). The number of ether oxygens (including phenoxy) is 1. The molecule has 3 heterocycles. The summed E-state index contributed by atoms with van der Waals surface area (Å²) in [6.07, 6.45) is 0.0947. The number of rotatable bonds is 7. The molecule has 0 bridgehead atoms. The second-order valence-corrected chi connectivity index (χ2v) is 13.2. The number of amides is 5. The molecule has 12 nitrogen and oxygen atoms in total. The lowest BCUT2D eigenvalue weighted by Crippen LogP contribution is -2.52. The smallest absolute Gasteiger partial charge is 0.410 e. The summed E-state index contributed by atoms with van der Waals surface area (Å²) in [4.78, 5) is 69.9. The van der Waals surface area contributed by atoms with Gasteiger partial charge in [0.2, 0.25) is 23.6 Å². The van der Waals surface area contributed by atoms with E-state index in [1.807, 2.05) is 32.0 Å². The zero-order valence-corrected chi connectivity index (χ0v) is 25.8. The molecule has 0 aromatic heterocycles. The summed E-state index contributed by atoms with van der Waals surface area (Å²) < 4.78 is 5.40. The van der Waals surface area contributed by atoms with Crippen molar-refractivity contribution in [1.29, 1.82) is 5.26 Å². The molecule has 0 radical (unpaired) electrons. The molecule has 3 aliphatic rings. The van der Waals surface area contributed by atoms with Gasteiger partial charge in [-0.3, -0.25) is 19.2 Å². The van der Waals surface area contributed by atoms with Crippen LogP contribution in [0.1, 0.15) is 65.9 Å². The highest BCUT2D eigenvalue weighted by atomic mass is 16.6. The SMILES string of the molecule is CC(C)C[C@@H](C(=O)N1C[C@]2(C[C@H]1C#N)C(=O)Nc1ccccc12)N(C)C(=O)CC(=O)N[C@@H]1CCN(C(=O)OC(C)(C)C)C1. The van der Waals surface area contributed by atoms with E-state index in [-0.39, 0.29) is 37.4 Å². The monoisotopic (exact) mass is 594 g/mol. The zero-order chi connectivity index (χ0) is 31.7. The number of carbonyl (C=O) groups is 5. The summed E-state index contributed by atoms with van der Waals surface area (Å²) in [5.41, 5.74) is -0.233. The van der Waals surface area contributed by atoms with Gasteiger partial charge in [0.25, 0.3) is 0 Å². The van der Waals surface area contributed by atoms with E-state index in [0.29, 0.717) is 25.1 Å². The van der Waals surface area contributed by atoms with E-state index in [9.17, 15) is 29.2 Å². The van der Waals surface area contributed by atoms with Gasteiger partial charge >= 0.3 is 6.09 Å². The van der Waals surface area contributed by atoms with E-state index >= 15 is 0 Å². The van der Waals surface area contributed by atoms with E-state index in [1.165, 1.54) is 21.7 Å². The van der Waals surface area contributed by atoms with Gasteiger partial charge in [-0.15, -0.1) is 0 Å². The first-order chi connectivity index (χ1) is 20.1. The van der Waals surface area contributed by atoms with E-state index in [0.717, 1.165) is 5.56 Å². The molecule has 5 amide bonds. The second kappa shape index (κ2) is 12.2. The zero-order valence-electron chi connectivity index (χ0n) is 25.8. The molecule has 0 saturated carbocycles. The maximum atomic E-state index is 14.0. The van der Waals surface area contributed by atoms with Crippen LogP contribution >= 0.6 is 0 Å². The molecule has 0 aliphatic carbocycles. The Labute approximate surface area is 252 Å². The highest BCUT2D eigenvalue weighted by Gasteiger charge is 2.56. The van der Waals surface area contributed by atoms with Gasteiger partial charge in [0.1, 0.15) is 24.1 Å². The van der Waals surface area contributed by atoms with Gasteiger partial charge in [-0.1, -0.05) is 32.0 Å². The van der Waals surface area contributed by atoms with Gasteiger partial charge in [-0.05, 0) is 51.2 Å². The van der Waals surface area contributed by atoms with Gasteiger partial charge in [0.05, 0.1) is 11.5 Å². The van der Waals surface area contributed by atoms with Crippen molar-refractivity contribution < 1.29 is 28.7 Å². The molecule has 2 saturated heterocycles. The third kappa shape index (κ3) is 6.76. The van der Waals surface area contributed by atoms with Gasteiger partial charge in [0, 0.05) is 44.8 Å². The molecule has 1 aromatic rings. The second-order valence-electron chi connectivity index (χ2n) is 13.2. The largest absolute Gasteiger partial charge is 0.444 e. The van der Waals surface area contributed by atoms with Gasteiger partial charge in [-0.2, -0.15) is 5.26 Å². The molecule has 2 N–H and O–H groups in total. The Balaban J connectivity index is 1.42. The Morgan fingerprint density at radius 3 is 2.58 bits per heavy atom. The van der Waals surface area contributed by atoms with Gasteiger partial charge in [0.15, 0.2) is 0 Å². The standard InChI is InChI=1S/C31H42N6O6/c1-19(2)13-24(27(40)37-18-31(15-21(37)16-32)22-9-7-8-10-23(22)34-28(31)41)35(6)26(39)14-25(38)33-20-11-12-36(17-20)29(42)43-30(3,4)5/h7-10,19-21,24H,11-15,17-18H2,1-6H3,(H,33,38)(H,34,41)/t20-,21+,24+,31+/m1/s1. The van der Waals surface area contributed by atoms with Crippen LogP contribution in [-0.2, 0) is 29.3 Å². The molecular formula is C31H42N6O6. The minimum Gasteiger partial charge on any atom is -0.444 e. The molecule has 2 fully saturated rings. The summed E-state index contributed by atoms with van der Waals surface area (Å²) in [6.45, 7) is 9.94. The Kier molecular flexibility index (Phi) is 9.04. The van der Waals surface area contributed by atoms with Crippen LogP contribution in [0.3, 0.4) is 0 Å². The Bertz CT molecular complexity index is 1330. The fourth-order valence-corrected chi connectivity index (χ4v) is 6.13. The van der Waals surface area contributed by atoms with Crippen molar-refractivity contribution in [2.75, 3.05) is 32.0 Å². The molecule has 1 spiro atoms. The summed E-state index contributed by atoms with van der Waals surface area (Å²) in [7, 11) is 1.49. The van der Waals surface area contributed by atoms with Crippen LogP contribution in [0.5, 0.6) is 0 Å². The first kappa shape index (κ1) is 31.8. The van der Waals surface area contributed by atoms with Crippen molar-refractivity contribution in [3.05, 3.63) is 29.8 Å². The normalized spacial score (nSPS) is 23.5. The first-order valence-electron chi connectivity index (χ1n) is 14.8. The molecule has 3 aliphatic heterocycles. The van der Waals surface area contributed by atoms with E-state index < -0.39 is 53.3 Å². The van der Waals surface area contributed by atoms with Crippen LogP contribution in [0.2, 0.25) is 0 Å². The van der Waals surface area contributed by atoms with Crippen LogP contribution in [-0.4, -0.2) is 94.8 Å². The summed E-state index contributed by atoms with van der Waals surface area (Å²) >= 11 is 0. The number of anilines is 1. The number of para-hydroxylation sites is 1. The van der Waals surface area contributed by atoms with Gasteiger partial charge in [-0.25, -0.2) is 4.79 Å². The van der Waals surface area contributed by atoms with Crippen LogP contribution in [0.15, 0.2) is 24.3 Å². The number of likely N-dealkylation sites (N-methyl/N-ethyl adjacent to an activating group) is 1. The van der Waals surface area contributed by atoms with Crippen molar-refractivity contribution in [2.24, 2.45) is 5.92 Å². The number of likely N-dealkylation sites (tertiary alicyclic amines) is 2. The van der Waals surface area contributed by atoms with E-state index in [2.05, 4.69) is 16.7 Å². The average molecular weight is 595 g/mol. The van der Waals surface area contributed by atoms with E-state index in [4.69, 9.17) is 4.74 Å². The van der Waals surface area contributed by atoms with Crippen LogP contribution in [0, 0.1) is 17.2 Å². The maximum Gasteiger partial charge on any atom is 0.410 e. The lowest BCUT2D eigenvalue weighted by atomic mass is 9.80. The number of benzene rings is 1. The highest BCUT2D eigenvalue weighted by molar-refractivity contribution is 6.07. The third-order valence-electron chi connectivity index (χ3n) is 8.27.